The second-order valence-corrected chi connectivity index (χ2v) is 5.75. The Morgan fingerprint density at radius 1 is 1.08 bits per heavy atom. The topological polar surface area (TPSA) is 79.0 Å². The predicted octanol–water partition coefficient (Wildman–Crippen LogP) is 0.687. The number of carbonyl (C=O) groups is 3. The van der Waals surface area contributed by atoms with E-state index in [0.29, 0.717) is 48.8 Å². The van der Waals surface area contributed by atoms with Gasteiger partial charge >= 0.3 is 0 Å². The van der Waals surface area contributed by atoms with Crippen LogP contribution in [0.3, 0.4) is 0 Å². The van der Waals surface area contributed by atoms with Crippen molar-refractivity contribution in [2.45, 2.75) is 6.92 Å². The Kier molecular flexibility index (Phi) is 4.35. The third-order valence-electron chi connectivity index (χ3n) is 4.08. The maximum Gasteiger partial charge on any atom is 0.277 e. The molecule has 0 aliphatic carbocycles. The van der Waals surface area contributed by atoms with Gasteiger partial charge in [0.2, 0.25) is 5.91 Å². The highest BCUT2D eigenvalue weighted by molar-refractivity contribution is 6.35. The molecule has 2 heterocycles. The van der Waals surface area contributed by atoms with E-state index in [1.54, 1.807) is 24.3 Å². The molecule has 0 radical (unpaired) electrons. The van der Waals surface area contributed by atoms with Crippen molar-refractivity contribution in [1.29, 1.82) is 0 Å². The summed E-state index contributed by atoms with van der Waals surface area (Å²) in [5, 5.41) is 2.68. The van der Waals surface area contributed by atoms with Crippen LogP contribution in [0.25, 0.3) is 5.57 Å². The number of ether oxygens (including phenoxy) is 1. The lowest BCUT2D eigenvalue weighted by molar-refractivity contribution is -0.136. The Morgan fingerprint density at radius 2 is 1.71 bits per heavy atom. The summed E-state index contributed by atoms with van der Waals surface area (Å²) in [4.78, 5) is 39.2. The minimum Gasteiger partial charge on any atom is -0.378 e. The molecule has 0 aromatic heterocycles. The minimum absolute atomic E-state index is 0.164. The number of morpholine rings is 1. The quantitative estimate of drug-likeness (QED) is 0.826. The van der Waals surface area contributed by atoms with Crippen molar-refractivity contribution in [2.24, 2.45) is 0 Å². The Hall–Kier alpha value is -2.67. The molecule has 0 saturated carbocycles. The first-order valence-electron chi connectivity index (χ1n) is 7.76. The van der Waals surface area contributed by atoms with Crippen molar-refractivity contribution in [3.8, 4) is 0 Å². The zero-order valence-corrected chi connectivity index (χ0v) is 13.7. The molecule has 2 aliphatic rings. The third-order valence-corrected chi connectivity index (χ3v) is 4.08. The molecule has 0 unspecified atom stereocenters. The molecule has 1 fully saturated rings. The summed E-state index contributed by atoms with van der Waals surface area (Å²) in [7, 11) is 1.49. The molecule has 24 heavy (non-hydrogen) atoms. The first-order chi connectivity index (χ1) is 11.5. The van der Waals surface area contributed by atoms with E-state index in [4.69, 9.17) is 4.74 Å². The van der Waals surface area contributed by atoms with Crippen molar-refractivity contribution >= 4 is 29.0 Å². The van der Waals surface area contributed by atoms with E-state index in [9.17, 15) is 14.4 Å². The van der Waals surface area contributed by atoms with Crippen LogP contribution >= 0.6 is 0 Å². The molecular formula is C17H19N3O4. The fraction of sp³-hybridized carbons (Fsp3) is 0.353. The van der Waals surface area contributed by atoms with Crippen LogP contribution in [-0.4, -0.2) is 60.9 Å². The Morgan fingerprint density at radius 3 is 2.29 bits per heavy atom. The van der Waals surface area contributed by atoms with Gasteiger partial charge in [0, 0.05) is 32.7 Å². The molecule has 7 nitrogen and oxygen atoms in total. The summed E-state index contributed by atoms with van der Waals surface area (Å²) in [5.41, 5.74) is 2.13. The van der Waals surface area contributed by atoms with Crippen molar-refractivity contribution in [3.63, 3.8) is 0 Å². The third kappa shape index (κ3) is 2.90. The van der Waals surface area contributed by atoms with Crippen LogP contribution in [0.15, 0.2) is 30.0 Å². The summed E-state index contributed by atoms with van der Waals surface area (Å²) in [6, 6.07) is 6.92. The van der Waals surface area contributed by atoms with Crippen LogP contribution in [0, 0.1) is 0 Å². The summed E-state index contributed by atoms with van der Waals surface area (Å²) in [6.07, 6.45) is 0. The number of hydrogen-bond acceptors (Lipinski definition) is 5. The number of benzene rings is 1. The van der Waals surface area contributed by atoms with Crippen LogP contribution in [0.2, 0.25) is 0 Å². The van der Waals surface area contributed by atoms with E-state index in [2.05, 4.69) is 5.32 Å². The lowest BCUT2D eigenvalue weighted by Crippen LogP contribution is -2.39. The lowest BCUT2D eigenvalue weighted by Gasteiger charge is -2.29. The van der Waals surface area contributed by atoms with Gasteiger partial charge in [-0.2, -0.15) is 0 Å². The molecule has 0 atom stereocenters. The number of likely N-dealkylation sites (N-methyl/N-ethyl adjacent to an activating group) is 1. The molecule has 1 saturated heterocycles. The molecule has 0 spiro atoms. The van der Waals surface area contributed by atoms with Gasteiger partial charge in [0.25, 0.3) is 11.8 Å². The van der Waals surface area contributed by atoms with Crippen LogP contribution in [0.4, 0.5) is 5.69 Å². The molecule has 126 valence electrons. The monoisotopic (exact) mass is 329 g/mol. The zero-order valence-electron chi connectivity index (χ0n) is 13.7. The molecule has 7 heteroatoms. The van der Waals surface area contributed by atoms with Crippen molar-refractivity contribution < 1.29 is 19.1 Å². The number of hydrogen-bond donors (Lipinski definition) is 1. The van der Waals surface area contributed by atoms with E-state index in [1.165, 1.54) is 14.0 Å². The molecule has 1 N–H and O–H groups in total. The van der Waals surface area contributed by atoms with Crippen LogP contribution in [0.1, 0.15) is 12.5 Å². The largest absolute Gasteiger partial charge is 0.378 e. The van der Waals surface area contributed by atoms with Gasteiger partial charge in [-0.15, -0.1) is 0 Å². The zero-order chi connectivity index (χ0) is 17.3. The normalized spacial score (nSPS) is 18.4. The Labute approximate surface area is 139 Å². The maximum atomic E-state index is 12.6. The van der Waals surface area contributed by atoms with Gasteiger partial charge in [0.1, 0.15) is 5.70 Å². The summed E-state index contributed by atoms with van der Waals surface area (Å²) < 4.78 is 5.33. The van der Waals surface area contributed by atoms with E-state index in [0.717, 1.165) is 4.90 Å². The number of anilines is 1. The second-order valence-electron chi connectivity index (χ2n) is 5.75. The van der Waals surface area contributed by atoms with Gasteiger partial charge < -0.3 is 15.0 Å². The molecule has 2 aliphatic heterocycles. The van der Waals surface area contributed by atoms with E-state index in [1.807, 2.05) is 4.90 Å². The average Bonchev–Trinajstić information content (AvgIpc) is 2.80. The number of amides is 3. The molecular weight excluding hydrogens is 310 g/mol. The standard InChI is InChI=1S/C17H19N3O4/c1-11(21)18-13-5-3-12(4-6-13)14-15(17(23)19(2)16(14)22)20-7-9-24-10-8-20/h3-6H,7-10H2,1-2H3,(H,18,21). The second kappa shape index (κ2) is 6.45. The number of nitrogens with zero attached hydrogens (tertiary/aromatic N) is 2. The Bertz CT molecular complexity index is 718. The first-order valence-corrected chi connectivity index (χ1v) is 7.76. The van der Waals surface area contributed by atoms with Crippen LogP contribution in [-0.2, 0) is 19.1 Å². The number of rotatable bonds is 3. The Balaban J connectivity index is 1.99. The van der Waals surface area contributed by atoms with E-state index < -0.39 is 0 Å². The van der Waals surface area contributed by atoms with Crippen LogP contribution < -0.4 is 5.32 Å². The highest BCUT2D eigenvalue weighted by Crippen LogP contribution is 2.31. The van der Waals surface area contributed by atoms with Gasteiger partial charge in [-0.25, -0.2) is 0 Å². The maximum absolute atomic E-state index is 12.6. The molecule has 0 bridgehead atoms. The molecule has 3 amide bonds. The molecule has 1 aromatic carbocycles. The molecule has 1 aromatic rings. The molecule has 3 rings (SSSR count). The van der Waals surface area contributed by atoms with Crippen molar-refractivity contribution in [3.05, 3.63) is 35.5 Å². The number of carbonyl (C=O) groups excluding carboxylic acids is 3. The fourth-order valence-electron chi connectivity index (χ4n) is 2.89. The van der Waals surface area contributed by atoms with E-state index >= 15 is 0 Å². The van der Waals surface area contributed by atoms with E-state index in [-0.39, 0.29) is 17.7 Å². The van der Waals surface area contributed by atoms with Crippen molar-refractivity contribution in [1.82, 2.24) is 9.80 Å². The van der Waals surface area contributed by atoms with Crippen LogP contribution in [0.5, 0.6) is 0 Å². The van der Waals surface area contributed by atoms with Gasteiger partial charge in [-0.05, 0) is 17.7 Å². The summed E-state index contributed by atoms with van der Waals surface area (Å²) in [6.45, 7) is 3.65. The summed E-state index contributed by atoms with van der Waals surface area (Å²) in [5.74, 6) is -0.764. The SMILES string of the molecule is CC(=O)Nc1ccc(C2=C(N3CCOCC3)C(=O)N(C)C2=O)cc1. The average molecular weight is 329 g/mol. The minimum atomic E-state index is -0.311. The van der Waals surface area contributed by atoms with Crippen molar-refractivity contribution in [2.75, 3.05) is 38.7 Å². The fourth-order valence-corrected chi connectivity index (χ4v) is 2.89. The van der Waals surface area contributed by atoms with Gasteiger partial charge in [0.05, 0.1) is 18.8 Å². The number of imide groups is 1. The predicted molar refractivity (Wildman–Crippen MR) is 87.8 cm³/mol. The highest BCUT2D eigenvalue weighted by Gasteiger charge is 2.39. The highest BCUT2D eigenvalue weighted by atomic mass is 16.5. The van der Waals surface area contributed by atoms with Gasteiger partial charge in [0.15, 0.2) is 0 Å². The van der Waals surface area contributed by atoms with Gasteiger partial charge in [-0.3, -0.25) is 19.3 Å². The summed E-state index contributed by atoms with van der Waals surface area (Å²) >= 11 is 0. The number of nitrogens with one attached hydrogen (secondary N) is 1. The smallest absolute Gasteiger partial charge is 0.277 e. The first kappa shape index (κ1) is 16.2. The lowest BCUT2D eigenvalue weighted by atomic mass is 10.0. The van der Waals surface area contributed by atoms with Gasteiger partial charge in [-0.1, -0.05) is 12.1 Å².